The van der Waals surface area contributed by atoms with E-state index in [1.54, 1.807) is 13.2 Å². The van der Waals surface area contributed by atoms with E-state index in [0.29, 0.717) is 5.56 Å². The molecule has 0 aliphatic carbocycles. The number of hydrogen-bond donors (Lipinski definition) is 1. The van der Waals surface area contributed by atoms with Crippen LogP contribution in [0.25, 0.3) is 0 Å². The summed E-state index contributed by atoms with van der Waals surface area (Å²) in [5.74, 6) is 0.843. The van der Waals surface area contributed by atoms with Gasteiger partial charge in [0, 0.05) is 16.2 Å². The second-order valence-corrected chi connectivity index (χ2v) is 5.40. The van der Waals surface area contributed by atoms with Gasteiger partial charge in [-0.1, -0.05) is 28.1 Å². The Morgan fingerprint density at radius 3 is 2.50 bits per heavy atom. The van der Waals surface area contributed by atoms with Gasteiger partial charge < -0.3 is 10.1 Å². The Morgan fingerprint density at radius 1 is 1.20 bits per heavy atom. The number of nitriles is 1. The first-order valence-electron chi connectivity index (χ1n) is 6.23. The van der Waals surface area contributed by atoms with Crippen LogP contribution in [0, 0.1) is 11.3 Å². The highest BCUT2D eigenvalue weighted by atomic mass is 79.9. The first kappa shape index (κ1) is 14.4. The normalized spacial score (nSPS) is 11.5. The predicted molar refractivity (Wildman–Crippen MR) is 83.9 cm³/mol. The van der Waals surface area contributed by atoms with Crippen molar-refractivity contribution in [2.45, 2.75) is 13.0 Å². The van der Waals surface area contributed by atoms with E-state index < -0.39 is 0 Å². The molecule has 2 rings (SSSR count). The van der Waals surface area contributed by atoms with Crippen molar-refractivity contribution in [2.75, 3.05) is 12.4 Å². The Balaban J connectivity index is 2.16. The van der Waals surface area contributed by atoms with Crippen LogP contribution in [0.3, 0.4) is 0 Å². The van der Waals surface area contributed by atoms with Crippen LogP contribution in [0.1, 0.15) is 24.1 Å². The Labute approximate surface area is 127 Å². The Morgan fingerprint density at radius 2 is 1.90 bits per heavy atom. The monoisotopic (exact) mass is 330 g/mol. The highest BCUT2D eigenvalue weighted by Crippen LogP contribution is 2.24. The van der Waals surface area contributed by atoms with Gasteiger partial charge in [0.25, 0.3) is 0 Å². The molecule has 0 saturated carbocycles. The van der Waals surface area contributed by atoms with Gasteiger partial charge in [0.1, 0.15) is 5.75 Å². The zero-order valence-electron chi connectivity index (χ0n) is 11.4. The number of nitrogens with one attached hydrogen (secondary N) is 1. The quantitative estimate of drug-likeness (QED) is 0.897. The van der Waals surface area contributed by atoms with Gasteiger partial charge in [0.05, 0.1) is 18.7 Å². The molecule has 0 aliphatic heterocycles. The Bertz CT molecular complexity index is 632. The number of hydrogen-bond acceptors (Lipinski definition) is 3. The minimum absolute atomic E-state index is 0.141. The van der Waals surface area contributed by atoms with Crippen LogP contribution in [0.15, 0.2) is 46.9 Å². The lowest BCUT2D eigenvalue weighted by atomic mass is 10.1. The summed E-state index contributed by atoms with van der Waals surface area (Å²) in [6, 6.07) is 15.8. The van der Waals surface area contributed by atoms with Crippen LogP contribution < -0.4 is 10.1 Å². The molecule has 1 N–H and O–H groups in total. The van der Waals surface area contributed by atoms with Gasteiger partial charge in [0.2, 0.25) is 0 Å². The third kappa shape index (κ3) is 3.52. The number of benzene rings is 2. The molecule has 2 aromatic carbocycles. The minimum Gasteiger partial charge on any atom is -0.497 e. The maximum absolute atomic E-state index is 8.98. The molecule has 3 nitrogen and oxygen atoms in total. The lowest BCUT2D eigenvalue weighted by Crippen LogP contribution is -2.06. The van der Waals surface area contributed by atoms with Gasteiger partial charge in [-0.15, -0.1) is 0 Å². The molecule has 0 spiro atoms. The highest BCUT2D eigenvalue weighted by molar-refractivity contribution is 9.10. The van der Waals surface area contributed by atoms with Gasteiger partial charge in [-0.2, -0.15) is 5.26 Å². The molecular formula is C16H15BrN2O. The molecule has 20 heavy (non-hydrogen) atoms. The Kier molecular flexibility index (Phi) is 4.65. The second kappa shape index (κ2) is 6.44. The smallest absolute Gasteiger partial charge is 0.118 e. The van der Waals surface area contributed by atoms with Crippen molar-refractivity contribution in [1.82, 2.24) is 0 Å². The molecule has 1 atom stereocenters. The molecule has 102 valence electrons. The summed E-state index contributed by atoms with van der Waals surface area (Å²) in [5.41, 5.74) is 2.70. The van der Waals surface area contributed by atoms with Crippen molar-refractivity contribution in [2.24, 2.45) is 0 Å². The minimum atomic E-state index is 0.141. The molecule has 0 bridgehead atoms. The summed E-state index contributed by atoms with van der Waals surface area (Å²) >= 11 is 3.41. The summed E-state index contributed by atoms with van der Waals surface area (Å²) in [5, 5.41) is 12.4. The van der Waals surface area contributed by atoms with Crippen molar-refractivity contribution in [3.63, 3.8) is 0 Å². The fourth-order valence-electron chi connectivity index (χ4n) is 1.96. The summed E-state index contributed by atoms with van der Waals surface area (Å²) in [4.78, 5) is 0. The lowest BCUT2D eigenvalue weighted by Gasteiger charge is -2.16. The number of ether oxygens (including phenoxy) is 1. The van der Waals surface area contributed by atoms with E-state index in [-0.39, 0.29) is 6.04 Å². The highest BCUT2D eigenvalue weighted by Gasteiger charge is 2.07. The molecule has 0 aromatic heterocycles. The molecule has 0 saturated heterocycles. The average molecular weight is 331 g/mol. The SMILES string of the molecule is COc1ccc(C(C)Nc2cc(Br)cc(C#N)c2)cc1. The third-order valence-electron chi connectivity index (χ3n) is 3.03. The fraction of sp³-hybridized carbons (Fsp3) is 0.188. The van der Waals surface area contributed by atoms with Crippen molar-refractivity contribution in [1.29, 1.82) is 5.26 Å². The van der Waals surface area contributed by atoms with Gasteiger partial charge in [-0.25, -0.2) is 0 Å². The topological polar surface area (TPSA) is 45.0 Å². The molecule has 0 amide bonds. The largest absolute Gasteiger partial charge is 0.497 e. The van der Waals surface area contributed by atoms with E-state index in [2.05, 4.69) is 34.2 Å². The van der Waals surface area contributed by atoms with Crippen LogP contribution in [-0.2, 0) is 0 Å². The molecule has 0 fully saturated rings. The van der Waals surface area contributed by atoms with Crippen molar-refractivity contribution in [3.8, 4) is 11.8 Å². The molecule has 4 heteroatoms. The third-order valence-corrected chi connectivity index (χ3v) is 3.48. The van der Waals surface area contributed by atoms with E-state index in [0.717, 1.165) is 21.5 Å². The summed E-state index contributed by atoms with van der Waals surface area (Å²) < 4.78 is 6.04. The molecule has 2 aromatic rings. The second-order valence-electron chi connectivity index (χ2n) is 4.48. The van der Waals surface area contributed by atoms with Gasteiger partial charge in [0.15, 0.2) is 0 Å². The zero-order valence-corrected chi connectivity index (χ0v) is 12.9. The summed E-state index contributed by atoms with van der Waals surface area (Å²) in [7, 11) is 1.65. The van der Waals surface area contributed by atoms with E-state index in [1.165, 1.54) is 0 Å². The van der Waals surface area contributed by atoms with E-state index in [9.17, 15) is 0 Å². The molecule has 0 radical (unpaired) electrons. The number of rotatable bonds is 4. The number of methoxy groups -OCH3 is 1. The zero-order chi connectivity index (χ0) is 14.5. The Hall–Kier alpha value is -1.99. The first-order valence-corrected chi connectivity index (χ1v) is 7.03. The number of anilines is 1. The van der Waals surface area contributed by atoms with Gasteiger partial charge in [-0.05, 0) is 42.8 Å². The van der Waals surface area contributed by atoms with E-state index in [1.807, 2.05) is 36.4 Å². The van der Waals surface area contributed by atoms with Crippen molar-refractivity contribution < 1.29 is 4.74 Å². The van der Waals surface area contributed by atoms with Crippen LogP contribution in [0.4, 0.5) is 5.69 Å². The van der Waals surface area contributed by atoms with Crippen LogP contribution >= 0.6 is 15.9 Å². The fourth-order valence-corrected chi connectivity index (χ4v) is 2.46. The molecule has 0 heterocycles. The first-order chi connectivity index (χ1) is 9.62. The van der Waals surface area contributed by atoms with Gasteiger partial charge in [-0.3, -0.25) is 0 Å². The maximum atomic E-state index is 8.98. The molecule has 1 unspecified atom stereocenters. The van der Waals surface area contributed by atoms with E-state index in [4.69, 9.17) is 10.00 Å². The predicted octanol–water partition coefficient (Wildman–Crippen LogP) is 4.50. The molecule has 0 aliphatic rings. The summed E-state index contributed by atoms with van der Waals surface area (Å²) in [6.45, 7) is 2.08. The standard InChI is InChI=1S/C16H15BrN2O/c1-11(13-3-5-16(20-2)6-4-13)19-15-8-12(10-18)7-14(17)9-15/h3-9,11,19H,1-2H3. The van der Waals surface area contributed by atoms with Crippen molar-refractivity contribution in [3.05, 3.63) is 58.1 Å². The van der Waals surface area contributed by atoms with E-state index >= 15 is 0 Å². The van der Waals surface area contributed by atoms with Gasteiger partial charge >= 0.3 is 0 Å². The number of nitrogens with zero attached hydrogens (tertiary/aromatic N) is 1. The van der Waals surface area contributed by atoms with Crippen molar-refractivity contribution >= 4 is 21.6 Å². The number of halogens is 1. The van der Waals surface area contributed by atoms with Crippen LogP contribution in [0.5, 0.6) is 5.75 Å². The lowest BCUT2D eigenvalue weighted by molar-refractivity contribution is 0.414. The summed E-state index contributed by atoms with van der Waals surface area (Å²) in [6.07, 6.45) is 0. The average Bonchev–Trinajstić information content (AvgIpc) is 2.46. The van der Waals surface area contributed by atoms with Crippen LogP contribution in [0.2, 0.25) is 0 Å². The molecular weight excluding hydrogens is 316 g/mol. The van der Waals surface area contributed by atoms with Crippen LogP contribution in [-0.4, -0.2) is 7.11 Å². The maximum Gasteiger partial charge on any atom is 0.118 e.